The van der Waals surface area contributed by atoms with Crippen molar-refractivity contribution in [1.29, 1.82) is 0 Å². The first-order valence-corrected chi connectivity index (χ1v) is 6.62. The van der Waals surface area contributed by atoms with Crippen LogP contribution in [0.15, 0.2) is 18.2 Å². The van der Waals surface area contributed by atoms with Crippen LogP contribution in [0.3, 0.4) is 0 Å². The van der Waals surface area contributed by atoms with Crippen molar-refractivity contribution < 1.29 is 9.53 Å². The largest absolute Gasteiger partial charge is 0.398 e. The smallest absolute Gasteiger partial charge is 0.161 e. The highest BCUT2D eigenvalue weighted by Gasteiger charge is 2.31. The van der Waals surface area contributed by atoms with Crippen molar-refractivity contribution in [1.82, 2.24) is 0 Å². The Bertz CT molecular complexity index is 497. The van der Waals surface area contributed by atoms with Gasteiger partial charge in [0.25, 0.3) is 0 Å². The summed E-state index contributed by atoms with van der Waals surface area (Å²) < 4.78 is 5.89. The van der Waals surface area contributed by atoms with Crippen LogP contribution in [-0.2, 0) is 4.74 Å². The first-order valence-electron chi connectivity index (χ1n) is 6.62. The number of nitrogen functional groups attached to an aromatic ring is 1. The van der Waals surface area contributed by atoms with Crippen molar-refractivity contribution >= 4 is 17.2 Å². The number of rotatable bonds is 2. The van der Waals surface area contributed by atoms with E-state index in [0.717, 1.165) is 18.8 Å². The first kappa shape index (κ1) is 13.9. The molecule has 1 saturated heterocycles. The summed E-state index contributed by atoms with van der Waals surface area (Å²) in [7, 11) is 0. The van der Waals surface area contributed by atoms with Gasteiger partial charge in [0.15, 0.2) is 5.78 Å². The molecule has 4 nitrogen and oxygen atoms in total. The third kappa shape index (κ3) is 3.07. The van der Waals surface area contributed by atoms with Crippen LogP contribution < -0.4 is 10.6 Å². The monoisotopic (exact) mass is 262 g/mol. The number of anilines is 2. The molecule has 0 saturated carbocycles. The highest BCUT2D eigenvalue weighted by Crippen LogP contribution is 2.28. The SMILES string of the molecule is CC(=O)c1ccc(N2CC(C)OC(C)(C)C2)cc1N. The minimum atomic E-state index is -0.175. The molecule has 2 rings (SSSR count). The average Bonchev–Trinajstić information content (AvgIpc) is 2.25. The molecule has 1 fully saturated rings. The minimum Gasteiger partial charge on any atom is -0.398 e. The van der Waals surface area contributed by atoms with Gasteiger partial charge in [0.2, 0.25) is 0 Å². The number of carbonyl (C=O) groups excluding carboxylic acids is 1. The second kappa shape index (κ2) is 4.85. The normalized spacial score (nSPS) is 22.3. The molecule has 4 heteroatoms. The van der Waals surface area contributed by atoms with E-state index in [1.54, 1.807) is 6.07 Å². The maximum absolute atomic E-state index is 11.4. The summed E-state index contributed by atoms with van der Waals surface area (Å²) in [6, 6.07) is 5.65. The van der Waals surface area contributed by atoms with E-state index < -0.39 is 0 Å². The van der Waals surface area contributed by atoms with Crippen molar-refractivity contribution in [2.45, 2.75) is 39.4 Å². The fraction of sp³-hybridized carbons (Fsp3) is 0.533. The number of nitrogens with two attached hydrogens (primary N) is 1. The fourth-order valence-corrected chi connectivity index (χ4v) is 2.72. The van der Waals surface area contributed by atoms with Crippen LogP contribution in [0.4, 0.5) is 11.4 Å². The summed E-state index contributed by atoms with van der Waals surface area (Å²) in [5.74, 6) is -0.000254. The molecule has 0 radical (unpaired) electrons. The Kier molecular flexibility index (Phi) is 3.54. The van der Waals surface area contributed by atoms with Crippen LogP contribution in [0, 0.1) is 0 Å². The highest BCUT2D eigenvalue weighted by molar-refractivity contribution is 5.99. The van der Waals surface area contributed by atoms with Crippen molar-refractivity contribution in [3.8, 4) is 0 Å². The fourth-order valence-electron chi connectivity index (χ4n) is 2.72. The molecule has 1 atom stereocenters. The molecule has 1 aliphatic heterocycles. The summed E-state index contributed by atoms with van der Waals surface area (Å²) in [4.78, 5) is 13.7. The maximum atomic E-state index is 11.4. The Hall–Kier alpha value is -1.55. The second-order valence-electron chi connectivity index (χ2n) is 5.90. The zero-order valence-corrected chi connectivity index (χ0v) is 12.1. The van der Waals surface area contributed by atoms with Gasteiger partial charge in [-0.2, -0.15) is 0 Å². The molecular weight excluding hydrogens is 240 g/mol. The van der Waals surface area contributed by atoms with Crippen LogP contribution in [0.2, 0.25) is 0 Å². The van der Waals surface area contributed by atoms with E-state index in [1.807, 2.05) is 12.1 Å². The number of ketones is 1. The van der Waals surface area contributed by atoms with E-state index in [9.17, 15) is 4.79 Å². The molecule has 1 aromatic carbocycles. The van der Waals surface area contributed by atoms with Gasteiger partial charge < -0.3 is 15.4 Å². The van der Waals surface area contributed by atoms with Gasteiger partial charge >= 0.3 is 0 Å². The Morgan fingerprint density at radius 2 is 2.16 bits per heavy atom. The number of hydrogen-bond donors (Lipinski definition) is 1. The highest BCUT2D eigenvalue weighted by atomic mass is 16.5. The van der Waals surface area contributed by atoms with Gasteiger partial charge in [-0.1, -0.05) is 0 Å². The molecule has 0 spiro atoms. The van der Waals surface area contributed by atoms with Crippen molar-refractivity contribution in [2.75, 3.05) is 23.7 Å². The molecule has 2 N–H and O–H groups in total. The van der Waals surface area contributed by atoms with E-state index in [1.165, 1.54) is 6.92 Å². The third-order valence-electron chi connectivity index (χ3n) is 3.35. The molecule has 0 amide bonds. The Labute approximate surface area is 114 Å². The minimum absolute atomic E-state index is 0.000254. The molecule has 104 valence electrons. The van der Waals surface area contributed by atoms with E-state index in [4.69, 9.17) is 10.5 Å². The topological polar surface area (TPSA) is 55.6 Å². The van der Waals surface area contributed by atoms with Crippen molar-refractivity contribution in [3.63, 3.8) is 0 Å². The van der Waals surface area contributed by atoms with Crippen molar-refractivity contribution in [2.24, 2.45) is 0 Å². The molecule has 1 unspecified atom stereocenters. The number of hydrogen-bond acceptors (Lipinski definition) is 4. The quantitative estimate of drug-likeness (QED) is 0.657. The zero-order valence-electron chi connectivity index (χ0n) is 12.1. The van der Waals surface area contributed by atoms with Crippen molar-refractivity contribution in [3.05, 3.63) is 23.8 Å². The second-order valence-corrected chi connectivity index (χ2v) is 5.90. The number of ether oxygens (including phenoxy) is 1. The van der Waals surface area contributed by atoms with Gasteiger partial charge in [-0.3, -0.25) is 4.79 Å². The summed E-state index contributed by atoms with van der Waals surface area (Å²) in [5.41, 5.74) is 7.96. The van der Waals surface area contributed by atoms with Crippen LogP contribution in [0.1, 0.15) is 38.1 Å². The summed E-state index contributed by atoms with van der Waals surface area (Å²) in [6.45, 7) is 9.43. The van der Waals surface area contributed by atoms with Gasteiger partial charge in [-0.15, -0.1) is 0 Å². The lowest BCUT2D eigenvalue weighted by atomic mass is 10.0. The Morgan fingerprint density at radius 3 is 2.68 bits per heavy atom. The van der Waals surface area contributed by atoms with Crippen LogP contribution in [0.25, 0.3) is 0 Å². The predicted octanol–water partition coefficient (Wildman–Crippen LogP) is 2.48. The summed E-state index contributed by atoms with van der Waals surface area (Å²) >= 11 is 0. The van der Waals surface area contributed by atoms with Gasteiger partial charge in [-0.05, 0) is 45.9 Å². The number of benzene rings is 1. The maximum Gasteiger partial charge on any atom is 0.161 e. The van der Waals surface area contributed by atoms with Gasteiger partial charge in [0.05, 0.1) is 11.7 Å². The third-order valence-corrected chi connectivity index (χ3v) is 3.35. The molecule has 19 heavy (non-hydrogen) atoms. The molecular formula is C15H22N2O2. The number of nitrogens with zero attached hydrogens (tertiary/aromatic N) is 1. The molecule has 1 aliphatic rings. The average molecular weight is 262 g/mol. The van der Waals surface area contributed by atoms with E-state index >= 15 is 0 Å². The lowest BCUT2D eigenvalue weighted by Gasteiger charge is -2.43. The summed E-state index contributed by atoms with van der Waals surface area (Å²) in [5, 5.41) is 0. The van der Waals surface area contributed by atoms with Gasteiger partial charge in [0, 0.05) is 30.0 Å². The first-order chi connectivity index (χ1) is 8.78. The summed E-state index contributed by atoms with van der Waals surface area (Å²) in [6.07, 6.45) is 0.178. The molecule has 0 aliphatic carbocycles. The predicted molar refractivity (Wildman–Crippen MR) is 77.7 cm³/mol. The van der Waals surface area contributed by atoms with Gasteiger partial charge in [-0.25, -0.2) is 0 Å². The number of Topliss-reactive ketones (excluding diaryl/α,β-unsaturated/α-hetero) is 1. The molecule has 0 aromatic heterocycles. The zero-order chi connectivity index (χ0) is 14.2. The lowest BCUT2D eigenvalue weighted by molar-refractivity contribution is -0.0749. The number of carbonyl (C=O) groups is 1. The molecule has 1 heterocycles. The van der Waals surface area contributed by atoms with Crippen LogP contribution in [0.5, 0.6) is 0 Å². The lowest BCUT2D eigenvalue weighted by Crippen LogP contribution is -2.52. The Balaban J connectivity index is 2.27. The van der Waals surface area contributed by atoms with Crippen LogP contribution in [-0.4, -0.2) is 30.6 Å². The standard InChI is InChI=1S/C15H22N2O2/c1-10-8-17(9-15(3,4)19-10)12-5-6-13(11(2)18)14(16)7-12/h5-7,10H,8-9,16H2,1-4H3. The Morgan fingerprint density at radius 1 is 1.47 bits per heavy atom. The molecule has 1 aromatic rings. The van der Waals surface area contributed by atoms with E-state index in [2.05, 4.69) is 25.7 Å². The van der Waals surface area contributed by atoms with Crippen LogP contribution >= 0.6 is 0 Å². The van der Waals surface area contributed by atoms with Gasteiger partial charge in [0.1, 0.15) is 0 Å². The molecule has 0 bridgehead atoms. The van der Waals surface area contributed by atoms with E-state index in [0.29, 0.717) is 11.3 Å². The number of morpholine rings is 1. The van der Waals surface area contributed by atoms with E-state index in [-0.39, 0.29) is 17.5 Å².